The molecule has 1 aliphatic rings. The molecule has 0 unspecified atom stereocenters. The minimum Gasteiger partial charge on any atom is -0.399 e. The third-order valence-electron chi connectivity index (χ3n) is 3.45. The molecule has 1 aromatic rings. The lowest BCUT2D eigenvalue weighted by molar-refractivity contribution is -0.387. The predicted molar refractivity (Wildman–Crippen MR) is 79.3 cm³/mol. The van der Waals surface area contributed by atoms with Gasteiger partial charge in [0, 0.05) is 24.3 Å². The Morgan fingerprint density at radius 2 is 2.10 bits per heavy atom. The highest BCUT2D eigenvalue weighted by Gasteiger charge is 2.40. The second-order valence-corrected chi connectivity index (χ2v) is 7.04. The van der Waals surface area contributed by atoms with Gasteiger partial charge in [-0.1, -0.05) is 13.3 Å². The first-order valence-electron chi connectivity index (χ1n) is 6.93. The van der Waals surface area contributed by atoms with Crippen molar-refractivity contribution in [2.24, 2.45) is 0 Å². The van der Waals surface area contributed by atoms with Crippen LogP contribution in [0.1, 0.15) is 32.6 Å². The van der Waals surface area contributed by atoms with Crippen LogP contribution in [-0.2, 0) is 10.0 Å². The number of benzene rings is 1. The SMILES string of the molecule is CCCCN(C1CC1)S(=O)(=O)c1ccc(N)cc1[N+](=O)[O-]. The molecule has 116 valence electrons. The van der Waals surface area contributed by atoms with E-state index < -0.39 is 20.6 Å². The summed E-state index contributed by atoms with van der Waals surface area (Å²) < 4.78 is 26.9. The Hall–Kier alpha value is -1.67. The normalized spacial score (nSPS) is 15.3. The summed E-state index contributed by atoms with van der Waals surface area (Å²) in [6, 6.07) is 3.67. The van der Waals surface area contributed by atoms with Gasteiger partial charge in [-0.05, 0) is 31.4 Å². The number of nitrogen functional groups attached to an aromatic ring is 1. The number of hydrogen-bond donors (Lipinski definition) is 1. The first-order valence-corrected chi connectivity index (χ1v) is 8.37. The lowest BCUT2D eigenvalue weighted by atomic mass is 10.3. The number of rotatable bonds is 7. The molecule has 21 heavy (non-hydrogen) atoms. The van der Waals surface area contributed by atoms with Gasteiger partial charge in [-0.3, -0.25) is 10.1 Å². The fraction of sp³-hybridized carbons (Fsp3) is 0.538. The molecule has 0 radical (unpaired) electrons. The van der Waals surface area contributed by atoms with E-state index in [-0.39, 0.29) is 16.6 Å². The van der Waals surface area contributed by atoms with Crippen molar-refractivity contribution >= 4 is 21.4 Å². The van der Waals surface area contributed by atoms with Crippen LogP contribution in [0.2, 0.25) is 0 Å². The van der Waals surface area contributed by atoms with E-state index in [1.54, 1.807) is 0 Å². The molecule has 1 aliphatic carbocycles. The van der Waals surface area contributed by atoms with Crippen molar-refractivity contribution in [1.82, 2.24) is 4.31 Å². The molecule has 0 bridgehead atoms. The van der Waals surface area contributed by atoms with Gasteiger partial charge in [0.15, 0.2) is 4.90 Å². The Labute approximate surface area is 123 Å². The second-order valence-electron chi connectivity index (χ2n) is 5.18. The lowest BCUT2D eigenvalue weighted by Gasteiger charge is -2.21. The minimum atomic E-state index is -3.87. The molecule has 7 nitrogen and oxygen atoms in total. The fourth-order valence-electron chi connectivity index (χ4n) is 2.20. The summed E-state index contributed by atoms with van der Waals surface area (Å²) in [6.45, 7) is 2.37. The van der Waals surface area contributed by atoms with Crippen LogP contribution in [0.5, 0.6) is 0 Å². The molecule has 0 aromatic heterocycles. The standard InChI is InChI=1S/C13H19N3O4S/c1-2-3-8-15(11-5-6-11)21(19,20)13-7-4-10(14)9-12(13)16(17)18/h4,7,9,11H,2-3,5-6,8,14H2,1H3. The van der Waals surface area contributed by atoms with Crippen LogP contribution in [-0.4, -0.2) is 30.2 Å². The van der Waals surface area contributed by atoms with E-state index >= 15 is 0 Å². The van der Waals surface area contributed by atoms with E-state index in [9.17, 15) is 18.5 Å². The van der Waals surface area contributed by atoms with E-state index in [4.69, 9.17) is 5.73 Å². The molecule has 1 aromatic carbocycles. The van der Waals surface area contributed by atoms with E-state index in [1.165, 1.54) is 16.4 Å². The first kappa shape index (κ1) is 15.7. The fourth-order valence-corrected chi connectivity index (χ4v) is 4.06. The average molecular weight is 313 g/mol. The highest BCUT2D eigenvalue weighted by atomic mass is 32.2. The van der Waals surface area contributed by atoms with Crippen LogP contribution in [0.4, 0.5) is 11.4 Å². The van der Waals surface area contributed by atoms with Crippen LogP contribution in [0.15, 0.2) is 23.1 Å². The van der Waals surface area contributed by atoms with Gasteiger partial charge in [0.1, 0.15) is 0 Å². The van der Waals surface area contributed by atoms with Crippen molar-refractivity contribution < 1.29 is 13.3 Å². The molecule has 1 fully saturated rings. The zero-order valence-corrected chi connectivity index (χ0v) is 12.7. The number of nitrogens with zero attached hydrogens (tertiary/aromatic N) is 2. The third kappa shape index (κ3) is 3.33. The second kappa shape index (κ2) is 5.98. The van der Waals surface area contributed by atoms with Gasteiger partial charge < -0.3 is 5.73 Å². The van der Waals surface area contributed by atoms with Gasteiger partial charge >= 0.3 is 0 Å². The van der Waals surface area contributed by atoms with Crippen LogP contribution < -0.4 is 5.73 Å². The topological polar surface area (TPSA) is 107 Å². The molecule has 0 amide bonds. The quantitative estimate of drug-likeness (QED) is 0.471. The largest absolute Gasteiger partial charge is 0.399 e. The Kier molecular flexibility index (Phi) is 4.48. The van der Waals surface area contributed by atoms with Gasteiger partial charge in [-0.25, -0.2) is 8.42 Å². The molecule has 0 heterocycles. The predicted octanol–water partition coefficient (Wildman–Crippen LogP) is 2.13. The van der Waals surface area contributed by atoms with E-state index in [0.29, 0.717) is 6.54 Å². The number of nitrogens with two attached hydrogens (primary N) is 1. The minimum absolute atomic E-state index is 0.0290. The van der Waals surface area contributed by atoms with Gasteiger partial charge in [0.05, 0.1) is 4.92 Å². The van der Waals surface area contributed by atoms with E-state index in [1.807, 2.05) is 6.92 Å². The molecule has 2 N–H and O–H groups in total. The average Bonchev–Trinajstić information content (AvgIpc) is 3.23. The van der Waals surface area contributed by atoms with Crippen molar-refractivity contribution in [3.63, 3.8) is 0 Å². The number of hydrogen-bond acceptors (Lipinski definition) is 5. The lowest BCUT2D eigenvalue weighted by Crippen LogP contribution is -2.34. The summed E-state index contributed by atoms with van der Waals surface area (Å²) >= 11 is 0. The van der Waals surface area contributed by atoms with E-state index in [2.05, 4.69) is 0 Å². The van der Waals surface area contributed by atoms with E-state index in [0.717, 1.165) is 31.7 Å². The highest BCUT2D eigenvalue weighted by Crippen LogP contribution is 2.35. The Morgan fingerprint density at radius 1 is 1.43 bits per heavy atom. The summed E-state index contributed by atoms with van der Waals surface area (Å²) in [5.74, 6) is 0. The molecular formula is C13H19N3O4S. The monoisotopic (exact) mass is 313 g/mol. The maximum Gasteiger partial charge on any atom is 0.291 e. The molecule has 0 atom stereocenters. The number of sulfonamides is 1. The van der Waals surface area contributed by atoms with Crippen molar-refractivity contribution in [2.75, 3.05) is 12.3 Å². The smallest absolute Gasteiger partial charge is 0.291 e. The summed E-state index contributed by atoms with van der Waals surface area (Å²) in [6.07, 6.45) is 3.22. The summed E-state index contributed by atoms with van der Waals surface area (Å²) in [5, 5.41) is 11.1. The number of unbranched alkanes of at least 4 members (excludes halogenated alkanes) is 1. The Bertz CT molecular complexity index is 641. The van der Waals surface area contributed by atoms with Gasteiger partial charge in [-0.15, -0.1) is 0 Å². The summed E-state index contributed by atoms with van der Waals surface area (Å²) in [7, 11) is -3.87. The Morgan fingerprint density at radius 3 is 2.62 bits per heavy atom. The molecule has 0 saturated heterocycles. The molecule has 8 heteroatoms. The molecule has 2 rings (SSSR count). The van der Waals surface area contributed by atoms with Crippen molar-refractivity contribution in [3.8, 4) is 0 Å². The van der Waals surface area contributed by atoms with Crippen molar-refractivity contribution in [2.45, 2.75) is 43.5 Å². The number of anilines is 1. The van der Waals surface area contributed by atoms with Gasteiger partial charge in [0.25, 0.3) is 5.69 Å². The van der Waals surface area contributed by atoms with Crippen LogP contribution >= 0.6 is 0 Å². The molecular weight excluding hydrogens is 294 g/mol. The van der Waals surface area contributed by atoms with Crippen LogP contribution in [0, 0.1) is 10.1 Å². The van der Waals surface area contributed by atoms with Crippen LogP contribution in [0.3, 0.4) is 0 Å². The highest BCUT2D eigenvalue weighted by molar-refractivity contribution is 7.89. The Balaban J connectivity index is 2.44. The molecule has 0 spiro atoms. The van der Waals surface area contributed by atoms with Crippen LogP contribution in [0.25, 0.3) is 0 Å². The van der Waals surface area contributed by atoms with Gasteiger partial charge in [-0.2, -0.15) is 4.31 Å². The molecule has 0 aliphatic heterocycles. The van der Waals surface area contributed by atoms with Crippen molar-refractivity contribution in [1.29, 1.82) is 0 Å². The third-order valence-corrected chi connectivity index (χ3v) is 5.45. The maximum absolute atomic E-state index is 12.7. The zero-order valence-electron chi connectivity index (χ0n) is 11.9. The number of nitro groups is 1. The molecule has 1 saturated carbocycles. The van der Waals surface area contributed by atoms with Crippen molar-refractivity contribution in [3.05, 3.63) is 28.3 Å². The summed E-state index contributed by atoms with van der Waals surface area (Å²) in [5.41, 5.74) is 5.24. The first-order chi connectivity index (χ1) is 9.87. The van der Waals surface area contributed by atoms with Gasteiger partial charge in [0.2, 0.25) is 10.0 Å². The maximum atomic E-state index is 12.7. The number of nitro benzene ring substituents is 1. The summed E-state index contributed by atoms with van der Waals surface area (Å²) in [4.78, 5) is 10.1. The zero-order chi connectivity index (χ0) is 15.6.